The van der Waals surface area contributed by atoms with Crippen LogP contribution in [-0.4, -0.2) is 56.4 Å². The number of aliphatic carboxylic acids is 1. The minimum atomic E-state index is -1.19. The van der Waals surface area contributed by atoms with Crippen LogP contribution in [-0.2, 0) is 25.7 Å². The summed E-state index contributed by atoms with van der Waals surface area (Å²) >= 11 is 0. The lowest BCUT2D eigenvalue weighted by Gasteiger charge is -2.35. The summed E-state index contributed by atoms with van der Waals surface area (Å²) in [6, 6.07) is 26.2. The third kappa shape index (κ3) is 8.86. The summed E-state index contributed by atoms with van der Waals surface area (Å²) in [6.07, 6.45) is 3.21. The fourth-order valence-electron chi connectivity index (χ4n) is 6.34. The molecule has 53 heavy (non-hydrogen) atoms. The fourth-order valence-corrected chi connectivity index (χ4v) is 6.34. The van der Waals surface area contributed by atoms with Crippen LogP contribution in [0.5, 0.6) is 11.5 Å². The van der Waals surface area contributed by atoms with E-state index in [0.717, 1.165) is 27.4 Å². The van der Waals surface area contributed by atoms with Crippen LogP contribution in [0.1, 0.15) is 69.9 Å². The zero-order valence-electron chi connectivity index (χ0n) is 30.1. The molecule has 0 bridgehead atoms. The molecule has 11 heteroatoms. The Kier molecular flexibility index (Phi) is 10.8. The number of aliphatic hydroxyl groups excluding tert-OH is 1. The van der Waals surface area contributed by atoms with Gasteiger partial charge in [0.1, 0.15) is 11.1 Å². The van der Waals surface area contributed by atoms with Crippen LogP contribution in [0.2, 0.25) is 0 Å². The first-order chi connectivity index (χ1) is 25.4. The van der Waals surface area contributed by atoms with E-state index in [9.17, 15) is 24.6 Å². The highest BCUT2D eigenvalue weighted by Crippen LogP contribution is 2.38. The molecule has 0 saturated heterocycles. The predicted molar refractivity (Wildman–Crippen MR) is 199 cm³/mol. The highest BCUT2D eigenvalue weighted by Gasteiger charge is 2.34. The van der Waals surface area contributed by atoms with Gasteiger partial charge in [-0.2, -0.15) is 0 Å². The SMILES string of the molecule is C[C@H]([C@H](C/C=C/c1nc2ccccc2o1)c1ccc2c(c1)OCO2)N(Cc1ccc2ccccc2c1)C(=O)C(O)=C(CCC(=O)O)C(=O)OC(C)(C)C. The molecule has 1 aliphatic heterocycles. The number of aromatic nitrogens is 1. The van der Waals surface area contributed by atoms with Crippen LogP contribution in [0.15, 0.2) is 107 Å². The quantitative estimate of drug-likeness (QED) is 0.0691. The Hall–Kier alpha value is -6.10. The first kappa shape index (κ1) is 36.7. The van der Waals surface area contributed by atoms with Crippen molar-refractivity contribution in [1.29, 1.82) is 0 Å². The molecular weight excluding hydrogens is 676 g/mol. The summed E-state index contributed by atoms with van der Waals surface area (Å²) < 4.78 is 22.7. The zero-order chi connectivity index (χ0) is 37.7. The number of amides is 1. The number of ether oxygens (including phenoxy) is 3. The molecule has 4 aromatic carbocycles. The topological polar surface area (TPSA) is 149 Å². The van der Waals surface area contributed by atoms with Gasteiger partial charge in [-0.15, -0.1) is 0 Å². The van der Waals surface area contributed by atoms with Crippen molar-refractivity contribution in [1.82, 2.24) is 9.88 Å². The minimum Gasteiger partial charge on any atom is -0.503 e. The van der Waals surface area contributed by atoms with E-state index in [4.69, 9.17) is 18.6 Å². The van der Waals surface area contributed by atoms with Crippen LogP contribution >= 0.6 is 0 Å². The minimum absolute atomic E-state index is 0.0608. The van der Waals surface area contributed by atoms with E-state index in [1.807, 2.05) is 97.9 Å². The summed E-state index contributed by atoms with van der Waals surface area (Å²) in [6.45, 7) is 6.97. The average Bonchev–Trinajstić information content (AvgIpc) is 3.77. The molecule has 274 valence electrons. The standard InChI is InChI=1S/C42H42N2O9/c1-26(31(30-18-20-35-36(23-30)51-25-50-35)12-9-15-37-43-33-13-7-8-14-34(33)52-37)44(24-27-16-17-28-10-5-6-11-29(28)22-27)40(48)39(47)32(19-21-38(45)46)41(49)53-42(2,3)4/h5-11,13-18,20,22-23,26,31,47H,12,19,21,24-25H2,1-4H3,(H,45,46)/b15-9+,39-32?/t26-,31+/m1/s1. The van der Waals surface area contributed by atoms with Gasteiger partial charge >= 0.3 is 11.9 Å². The lowest BCUT2D eigenvalue weighted by molar-refractivity contribution is -0.151. The third-order valence-electron chi connectivity index (χ3n) is 9.01. The number of para-hydroxylation sites is 2. The smallest absolute Gasteiger partial charge is 0.338 e. The number of esters is 1. The molecule has 2 heterocycles. The van der Waals surface area contributed by atoms with Gasteiger partial charge in [0.15, 0.2) is 22.8 Å². The molecule has 5 aromatic rings. The van der Waals surface area contributed by atoms with Crippen LogP contribution in [0.3, 0.4) is 0 Å². The van der Waals surface area contributed by atoms with E-state index in [2.05, 4.69) is 4.98 Å². The van der Waals surface area contributed by atoms with Crippen molar-refractivity contribution in [3.05, 3.63) is 119 Å². The lowest BCUT2D eigenvalue weighted by Crippen LogP contribution is -2.43. The maximum Gasteiger partial charge on any atom is 0.338 e. The Morgan fingerprint density at radius 1 is 0.906 bits per heavy atom. The number of hydrogen-bond acceptors (Lipinski definition) is 9. The predicted octanol–water partition coefficient (Wildman–Crippen LogP) is 8.33. The van der Waals surface area contributed by atoms with Crippen molar-refractivity contribution < 1.29 is 43.2 Å². The molecule has 0 radical (unpaired) electrons. The van der Waals surface area contributed by atoms with E-state index in [1.165, 1.54) is 4.90 Å². The van der Waals surface area contributed by atoms with Crippen molar-refractivity contribution >= 4 is 45.8 Å². The van der Waals surface area contributed by atoms with Crippen LogP contribution in [0.25, 0.3) is 27.9 Å². The molecule has 1 aromatic heterocycles. The molecule has 0 aliphatic carbocycles. The molecule has 1 aliphatic rings. The first-order valence-electron chi connectivity index (χ1n) is 17.4. The van der Waals surface area contributed by atoms with Crippen molar-refractivity contribution in [3.8, 4) is 11.5 Å². The number of fused-ring (bicyclic) bond motifs is 3. The number of oxazole rings is 1. The second kappa shape index (κ2) is 15.6. The first-order valence-corrected chi connectivity index (χ1v) is 17.4. The Balaban J connectivity index is 1.42. The number of carboxylic acid groups (broad SMARTS) is 1. The second-order valence-electron chi connectivity index (χ2n) is 14.0. The zero-order valence-corrected chi connectivity index (χ0v) is 30.1. The molecule has 6 rings (SSSR count). The van der Waals surface area contributed by atoms with E-state index >= 15 is 0 Å². The summed E-state index contributed by atoms with van der Waals surface area (Å²) in [4.78, 5) is 45.6. The normalized spacial score (nSPS) is 14.3. The average molecular weight is 719 g/mol. The molecule has 0 fully saturated rings. The second-order valence-corrected chi connectivity index (χ2v) is 14.0. The number of carbonyl (C=O) groups is 3. The van der Waals surface area contributed by atoms with Gasteiger partial charge in [-0.1, -0.05) is 60.7 Å². The van der Waals surface area contributed by atoms with Crippen molar-refractivity contribution in [2.45, 2.75) is 71.1 Å². The van der Waals surface area contributed by atoms with Gasteiger partial charge in [-0.25, -0.2) is 9.78 Å². The van der Waals surface area contributed by atoms with Gasteiger partial charge < -0.3 is 33.7 Å². The molecule has 0 spiro atoms. The molecular formula is C42H42N2O9. The van der Waals surface area contributed by atoms with Crippen molar-refractivity contribution in [3.63, 3.8) is 0 Å². The van der Waals surface area contributed by atoms with Gasteiger partial charge in [0, 0.05) is 24.9 Å². The van der Waals surface area contributed by atoms with Crippen LogP contribution in [0, 0.1) is 0 Å². The number of aliphatic hydroxyl groups is 1. The van der Waals surface area contributed by atoms with E-state index in [0.29, 0.717) is 29.4 Å². The van der Waals surface area contributed by atoms with Crippen molar-refractivity contribution in [2.24, 2.45) is 0 Å². The lowest BCUT2D eigenvalue weighted by atomic mass is 9.87. The fraction of sp³-hybridized carbons (Fsp3) is 0.286. The molecule has 0 saturated carbocycles. The van der Waals surface area contributed by atoms with Gasteiger partial charge in [-0.05, 0) is 98.8 Å². The number of carboxylic acids is 1. The van der Waals surface area contributed by atoms with Gasteiger partial charge in [-0.3, -0.25) is 9.59 Å². The number of carbonyl (C=O) groups excluding carboxylic acids is 2. The maximum atomic E-state index is 14.6. The van der Waals surface area contributed by atoms with Gasteiger partial charge in [0.25, 0.3) is 5.91 Å². The third-order valence-corrected chi connectivity index (χ3v) is 9.01. The molecule has 11 nitrogen and oxygen atoms in total. The number of allylic oxidation sites excluding steroid dienone is 1. The Morgan fingerprint density at radius 2 is 1.64 bits per heavy atom. The van der Waals surface area contributed by atoms with Crippen LogP contribution in [0.4, 0.5) is 0 Å². The van der Waals surface area contributed by atoms with E-state index < -0.39 is 53.7 Å². The summed E-state index contributed by atoms with van der Waals surface area (Å²) in [7, 11) is 0. The number of rotatable bonds is 13. The Morgan fingerprint density at radius 3 is 2.40 bits per heavy atom. The molecule has 0 unspecified atom stereocenters. The van der Waals surface area contributed by atoms with Gasteiger partial charge in [0.2, 0.25) is 12.7 Å². The number of hydrogen-bond donors (Lipinski definition) is 2. The van der Waals surface area contributed by atoms with E-state index in [1.54, 1.807) is 26.8 Å². The Bertz CT molecular complexity index is 2180. The Labute approximate surface area is 307 Å². The number of benzene rings is 4. The van der Waals surface area contributed by atoms with Crippen molar-refractivity contribution in [2.75, 3.05) is 6.79 Å². The maximum absolute atomic E-state index is 14.6. The van der Waals surface area contributed by atoms with Crippen LogP contribution < -0.4 is 9.47 Å². The summed E-state index contributed by atoms with van der Waals surface area (Å²) in [5, 5.41) is 23.1. The largest absolute Gasteiger partial charge is 0.503 e. The molecule has 2 N–H and O–H groups in total. The summed E-state index contributed by atoms with van der Waals surface area (Å²) in [5.74, 6) is -2.64. The van der Waals surface area contributed by atoms with Gasteiger partial charge in [0.05, 0.1) is 5.57 Å². The monoisotopic (exact) mass is 718 g/mol. The van der Waals surface area contributed by atoms with E-state index in [-0.39, 0.29) is 19.3 Å². The number of nitrogens with zero attached hydrogens (tertiary/aromatic N) is 2. The highest BCUT2D eigenvalue weighted by molar-refractivity contribution is 6.01. The molecule has 2 atom stereocenters. The highest BCUT2D eigenvalue weighted by atomic mass is 16.7. The summed E-state index contributed by atoms with van der Waals surface area (Å²) in [5.41, 5.74) is 1.64. The molecule has 1 amide bonds.